The van der Waals surface area contributed by atoms with Gasteiger partial charge in [0.25, 0.3) is 0 Å². The monoisotopic (exact) mass is 294 g/mol. The first-order chi connectivity index (χ1) is 9.67. The summed E-state index contributed by atoms with van der Waals surface area (Å²) in [5.41, 5.74) is 1.70. The van der Waals surface area contributed by atoms with E-state index < -0.39 is 0 Å². The molecule has 0 aliphatic carbocycles. The van der Waals surface area contributed by atoms with Gasteiger partial charge in [-0.3, -0.25) is 0 Å². The van der Waals surface area contributed by atoms with E-state index in [4.69, 9.17) is 11.6 Å². The molecule has 1 aliphatic rings. The van der Waals surface area contributed by atoms with Crippen LogP contribution in [0, 0.1) is 0 Å². The van der Waals surface area contributed by atoms with Crippen molar-refractivity contribution in [2.45, 2.75) is 45.1 Å². The Balaban J connectivity index is 1.92. The van der Waals surface area contributed by atoms with E-state index in [2.05, 4.69) is 36.2 Å². The van der Waals surface area contributed by atoms with Crippen molar-refractivity contribution in [2.75, 3.05) is 26.2 Å². The lowest BCUT2D eigenvalue weighted by molar-refractivity contribution is 0.199. The highest BCUT2D eigenvalue weighted by Gasteiger charge is 2.29. The predicted octanol–water partition coefficient (Wildman–Crippen LogP) is 3.74. The highest BCUT2D eigenvalue weighted by atomic mass is 35.5. The van der Waals surface area contributed by atoms with Gasteiger partial charge in [-0.25, -0.2) is 0 Å². The van der Waals surface area contributed by atoms with Crippen LogP contribution in [-0.4, -0.2) is 36.6 Å². The maximum absolute atomic E-state index is 5.94. The van der Waals surface area contributed by atoms with E-state index in [1.165, 1.54) is 37.9 Å². The molecule has 2 nitrogen and oxygen atoms in total. The molecule has 0 atom stereocenters. The quantitative estimate of drug-likeness (QED) is 0.890. The third-order valence-corrected chi connectivity index (χ3v) is 4.91. The second kappa shape index (κ2) is 7.44. The molecule has 1 heterocycles. The molecule has 20 heavy (non-hydrogen) atoms. The van der Waals surface area contributed by atoms with E-state index in [9.17, 15) is 0 Å². The fourth-order valence-corrected chi connectivity index (χ4v) is 3.20. The summed E-state index contributed by atoms with van der Waals surface area (Å²) in [5, 5.41) is 4.59. The second-order valence-corrected chi connectivity index (χ2v) is 6.36. The number of halogens is 1. The Kier molecular flexibility index (Phi) is 5.88. The van der Waals surface area contributed by atoms with Gasteiger partial charge < -0.3 is 10.2 Å². The first-order valence-corrected chi connectivity index (χ1v) is 8.27. The molecule has 1 aromatic carbocycles. The van der Waals surface area contributed by atoms with Crippen molar-refractivity contribution in [1.29, 1.82) is 0 Å². The van der Waals surface area contributed by atoms with Crippen molar-refractivity contribution in [1.82, 2.24) is 10.2 Å². The molecule has 2 rings (SSSR count). The number of hydrogen-bond donors (Lipinski definition) is 1. The summed E-state index contributed by atoms with van der Waals surface area (Å²) in [6.45, 7) is 9.29. The minimum Gasteiger partial charge on any atom is -0.310 e. The molecule has 0 spiro atoms. The summed E-state index contributed by atoms with van der Waals surface area (Å²) in [4.78, 5) is 2.63. The third kappa shape index (κ3) is 4.21. The Morgan fingerprint density at radius 2 is 1.90 bits per heavy atom. The molecule has 0 amide bonds. The summed E-state index contributed by atoms with van der Waals surface area (Å²) < 4.78 is 0. The van der Waals surface area contributed by atoms with Gasteiger partial charge in [-0.1, -0.05) is 37.6 Å². The number of nitrogens with zero attached hydrogens (tertiary/aromatic N) is 1. The minimum atomic E-state index is 0.316. The fraction of sp³-hybridized carbons (Fsp3) is 0.647. The van der Waals surface area contributed by atoms with Gasteiger partial charge in [-0.2, -0.15) is 0 Å². The molecule has 1 N–H and O–H groups in total. The molecular formula is C17H27ClN2. The molecule has 0 saturated carbocycles. The molecule has 1 aliphatic heterocycles. The van der Waals surface area contributed by atoms with Crippen LogP contribution in [0.5, 0.6) is 0 Å². The smallest absolute Gasteiger partial charge is 0.0406 e. The highest BCUT2D eigenvalue weighted by Crippen LogP contribution is 2.20. The van der Waals surface area contributed by atoms with Crippen LogP contribution in [0.25, 0.3) is 0 Å². The van der Waals surface area contributed by atoms with Gasteiger partial charge in [0.2, 0.25) is 0 Å². The zero-order valence-corrected chi connectivity index (χ0v) is 13.5. The van der Waals surface area contributed by atoms with E-state index in [1.54, 1.807) is 0 Å². The molecular weight excluding hydrogens is 268 g/mol. The predicted molar refractivity (Wildman–Crippen MR) is 87.5 cm³/mol. The van der Waals surface area contributed by atoms with Crippen LogP contribution in [0.15, 0.2) is 24.3 Å². The Morgan fingerprint density at radius 3 is 2.55 bits per heavy atom. The molecule has 1 fully saturated rings. The summed E-state index contributed by atoms with van der Waals surface area (Å²) in [6, 6.07) is 8.27. The van der Waals surface area contributed by atoms with Gasteiger partial charge in [0.15, 0.2) is 0 Å². The van der Waals surface area contributed by atoms with Crippen LogP contribution < -0.4 is 5.32 Å². The molecule has 0 bridgehead atoms. The zero-order chi connectivity index (χ0) is 14.4. The zero-order valence-electron chi connectivity index (χ0n) is 12.8. The van der Waals surface area contributed by atoms with Crippen LogP contribution in [0.4, 0.5) is 0 Å². The molecule has 3 heteroatoms. The van der Waals surface area contributed by atoms with Crippen LogP contribution >= 0.6 is 11.6 Å². The van der Waals surface area contributed by atoms with E-state index >= 15 is 0 Å². The van der Waals surface area contributed by atoms with E-state index in [0.29, 0.717) is 5.54 Å². The lowest BCUT2D eigenvalue weighted by atomic mass is 9.92. The van der Waals surface area contributed by atoms with Crippen molar-refractivity contribution in [3.63, 3.8) is 0 Å². The van der Waals surface area contributed by atoms with Gasteiger partial charge in [0, 0.05) is 23.7 Å². The molecule has 1 saturated heterocycles. The topological polar surface area (TPSA) is 15.3 Å². The fourth-order valence-electron chi connectivity index (χ4n) is 3.07. The van der Waals surface area contributed by atoms with Crippen LogP contribution in [-0.2, 0) is 6.42 Å². The van der Waals surface area contributed by atoms with Gasteiger partial charge in [-0.05, 0) is 56.5 Å². The van der Waals surface area contributed by atoms with Crippen molar-refractivity contribution in [3.05, 3.63) is 34.9 Å². The summed E-state index contributed by atoms with van der Waals surface area (Å²) in [6.07, 6.45) is 4.78. The summed E-state index contributed by atoms with van der Waals surface area (Å²) >= 11 is 5.94. The highest BCUT2D eigenvalue weighted by molar-refractivity contribution is 6.30. The van der Waals surface area contributed by atoms with Crippen molar-refractivity contribution in [3.8, 4) is 0 Å². The average Bonchev–Trinajstić information content (AvgIpc) is 2.69. The van der Waals surface area contributed by atoms with Crippen molar-refractivity contribution >= 4 is 11.6 Å². The first kappa shape index (κ1) is 15.8. The van der Waals surface area contributed by atoms with Crippen LogP contribution in [0.2, 0.25) is 5.02 Å². The second-order valence-electron chi connectivity index (χ2n) is 5.92. The average molecular weight is 295 g/mol. The van der Waals surface area contributed by atoms with E-state index in [0.717, 1.165) is 24.5 Å². The minimum absolute atomic E-state index is 0.316. The van der Waals surface area contributed by atoms with E-state index in [1.807, 2.05) is 12.1 Å². The lowest BCUT2D eigenvalue weighted by Gasteiger charge is -2.35. The third-order valence-electron chi connectivity index (χ3n) is 4.66. The van der Waals surface area contributed by atoms with Gasteiger partial charge >= 0.3 is 0 Å². The molecule has 112 valence electrons. The Morgan fingerprint density at radius 1 is 1.20 bits per heavy atom. The first-order valence-electron chi connectivity index (χ1n) is 7.89. The number of benzene rings is 1. The Labute approximate surface area is 128 Å². The largest absolute Gasteiger partial charge is 0.310 e. The molecule has 0 aromatic heterocycles. The normalized spacial score (nSPS) is 19.8. The standard InChI is InChI=1S/C17H27ClN2/c1-3-17(4-2)14-20(12-5-11-19-17)13-10-15-6-8-16(18)9-7-15/h6-9,19H,3-5,10-14H2,1-2H3. The van der Waals surface area contributed by atoms with Gasteiger partial charge in [-0.15, -0.1) is 0 Å². The number of rotatable bonds is 5. The molecule has 0 radical (unpaired) electrons. The van der Waals surface area contributed by atoms with Gasteiger partial charge in [0.1, 0.15) is 0 Å². The molecule has 0 unspecified atom stereocenters. The maximum Gasteiger partial charge on any atom is 0.0406 e. The van der Waals surface area contributed by atoms with Gasteiger partial charge in [0.05, 0.1) is 0 Å². The lowest BCUT2D eigenvalue weighted by Crippen LogP contribution is -2.50. The number of hydrogen-bond acceptors (Lipinski definition) is 2. The molecule has 1 aromatic rings. The summed E-state index contributed by atoms with van der Waals surface area (Å²) in [7, 11) is 0. The number of nitrogens with one attached hydrogen (secondary N) is 1. The summed E-state index contributed by atoms with van der Waals surface area (Å²) in [5.74, 6) is 0. The van der Waals surface area contributed by atoms with Crippen molar-refractivity contribution in [2.24, 2.45) is 0 Å². The van der Waals surface area contributed by atoms with Crippen LogP contribution in [0.3, 0.4) is 0 Å². The van der Waals surface area contributed by atoms with Crippen molar-refractivity contribution < 1.29 is 0 Å². The van der Waals surface area contributed by atoms with Crippen LogP contribution in [0.1, 0.15) is 38.7 Å². The Bertz CT molecular complexity index is 398. The maximum atomic E-state index is 5.94. The Hall–Kier alpha value is -0.570. The SMILES string of the molecule is CCC1(CC)CN(CCc2ccc(Cl)cc2)CCCN1. The van der Waals surface area contributed by atoms with E-state index in [-0.39, 0.29) is 0 Å².